The first-order valence-electron chi connectivity index (χ1n) is 17.4. The molecule has 8 rings (SSSR count). The van der Waals surface area contributed by atoms with Crippen LogP contribution in [0.2, 0.25) is 0 Å². The molecule has 2 saturated carbocycles. The van der Waals surface area contributed by atoms with Gasteiger partial charge in [0.2, 0.25) is 0 Å². The quantitative estimate of drug-likeness (QED) is 0.306. The summed E-state index contributed by atoms with van der Waals surface area (Å²) in [6.07, 6.45) is 5.31. The number of benzene rings is 2. The van der Waals surface area contributed by atoms with Crippen LogP contribution in [0, 0.1) is 5.82 Å². The third-order valence-corrected chi connectivity index (χ3v) is 11.2. The third-order valence-electron chi connectivity index (χ3n) is 11.2. The van der Waals surface area contributed by atoms with Crippen molar-refractivity contribution in [2.75, 3.05) is 46.4 Å². The number of hydrogen-bond acceptors (Lipinski definition) is 8. The summed E-state index contributed by atoms with van der Waals surface area (Å²) in [5.74, 6) is -0.451. The van der Waals surface area contributed by atoms with E-state index < -0.39 is 17.1 Å². The topological polar surface area (TPSA) is 107 Å². The Balaban J connectivity index is 1.06. The fourth-order valence-corrected chi connectivity index (χ4v) is 8.21. The lowest BCUT2D eigenvalue weighted by Gasteiger charge is -2.53. The number of likely N-dealkylation sites (N-methyl/N-ethyl adjacent to an activating group) is 1. The van der Waals surface area contributed by atoms with Gasteiger partial charge in [0, 0.05) is 58.4 Å². The molecule has 1 amide bonds. The lowest BCUT2D eigenvalue weighted by molar-refractivity contribution is -0.207. The molecule has 256 valence electrons. The van der Waals surface area contributed by atoms with Crippen molar-refractivity contribution in [2.24, 2.45) is 0 Å². The normalized spacial score (nSPS) is 22.9. The molecule has 4 aromatic rings. The van der Waals surface area contributed by atoms with Crippen LogP contribution >= 0.6 is 0 Å². The van der Waals surface area contributed by atoms with Gasteiger partial charge in [-0.05, 0) is 73.4 Å². The number of aliphatic hydroxyl groups excluding tert-OH is 1. The van der Waals surface area contributed by atoms with Crippen LogP contribution in [0.15, 0.2) is 70.4 Å². The first-order valence-corrected chi connectivity index (χ1v) is 17.4. The third kappa shape index (κ3) is 5.60. The van der Waals surface area contributed by atoms with E-state index in [0.717, 1.165) is 69.4 Å². The molecule has 11 nitrogen and oxygen atoms in total. The highest BCUT2D eigenvalue weighted by atomic mass is 19.1. The number of aromatic nitrogens is 3. The van der Waals surface area contributed by atoms with Crippen molar-refractivity contribution < 1.29 is 14.3 Å². The second kappa shape index (κ2) is 12.6. The average molecular weight is 668 g/mol. The minimum absolute atomic E-state index is 0.0441. The maximum absolute atomic E-state index is 14.5. The Morgan fingerprint density at radius 3 is 2.24 bits per heavy atom. The Kier molecular flexibility index (Phi) is 8.22. The molecule has 2 aliphatic carbocycles. The second-order valence-electron chi connectivity index (χ2n) is 14.1. The first kappa shape index (κ1) is 32.0. The van der Waals surface area contributed by atoms with Crippen LogP contribution < -0.4 is 11.2 Å². The van der Waals surface area contributed by atoms with Gasteiger partial charge in [-0.2, -0.15) is 0 Å². The van der Waals surface area contributed by atoms with E-state index in [2.05, 4.69) is 44.1 Å². The summed E-state index contributed by atoms with van der Waals surface area (Å²) in [6.45, 7) is 5.59. The number of carbonyl (C=O) groups excluding carboxylic acids is 1. The summed E-state index contributed by atoms with van der Waals surface area (Å²) in [7, 11) is 1.97. The van der Waals surface area contributed by atoms with E-state index in [1.165, 1.54) is 20.8 Å². The lowest BCUT2D eigenvalue weighted by atomic mass is 9.89. The largest absolute Gasteiger partial charge is 0.395 e. The average Bonchev–Trinajstić information content (AvgIpc) is 3.95. The molecule has 0 radical (unpaired) electrons. The number of rotatable bonds is 8. The molecule has 4 aliphatic rings. The highest BCUT2D eigenvalue weighted by molar-refractivity contribution is 5.94. The van der Waals surface area contributed by atoms with Gasteiger partial charge in [0.05, 0.1) is 23.9 Å². The summed E-state index contributed by atoms with van der Waals surface area (Å²) in [4.78, 5) is 50.0. The maximum Gasteiger partial charge on any atom is 0.337 e. The number of β-amino-alcohol motifs (C(OH)–C–C–N with tert-alkyl or cyclic N) is 1. The van der Waals surface area contributed by atoms with Crippen molar-refractivity contribution >= 4 is 16.9 Å². The van der Waals surface area contributed by atoms with E-state index in [-0.39, 0.29) is 41.2 Å². The molecule has 0 unspecified atom stereocenters. The first-order chi connectivity index (χ1) is 23.8. The minimum atomic E-state index is -0.640. The number of nitrogens with zero attached hydrogens (tertiary/aromatic N) is 7. The molecule has 4 fully saturated rings. The highest BCUT2D eigenvalue weighted by Gasteiger charge is 2.66. The fourth-order valence-electron chi connectivity index (χ4n) is 8.21. The Bertz CT molecular complexity index is 2010. The monoisotopic (exact) mass is 667 g/mol. The summed E-state index contributed by atoms with van der Waals surface area (Å²) < 4.78 is 17.2. The van der Waals surface area contributed by atoms with Gasteiger partial charge in [0.15, 0.2) is 5.65 Å². The van der Waals surface area contributed by atoms with Crippen LogP contribution in [-0.2, 0) is 11.3 Å². The van der Waals surface area contributed by atoms with Gasteiger partial charge in [-0.3, -0.25) is 29.0 Å². The van der Waals surface area contributed by atoms with Crippen molar-refractivity contribution in [2.45, 2.75) is 62.7 Å². The van der Waals surface area contributed by atoms with Crippen LogP contribution in [0.1, 0.15) is 50.1 Å². The molecule has 49 heavy (non-hydrogen) atoms. The van der Waals surface area contributed by atoms with E-state index in [9.17, 15) is 23.9 Å². The van der Waals surface area contributed by atoms with Crippen molar-refractivity contribution in [3.63, 3.8) is 0 Å². The summed E-state index contributed by atoms with van der Waals surface area (Å²) in [6, 6.07) is 16.8. The maximum atomic E-state index is 14.5. The summed E-state index contributed by atoms with van der Waals surface area (Å²) >= 11 is 0. The Labute approximate surface area is 283 Å². The summed E-state index contributed by atoms with van der Waals surface area (Å²) in [5, 5.41) is 13.2. The number of piperazine rings is 1. The zero-order valence-corrected chi connectivity index (χ0v) is 27.8. The molecular formula is C37H42FN7O4. The van der Waals surface area contributed by atoms with E-state index in [1.807, 2.05) is 36.3 Å². The van der Waals surface area contributed by atoms with E-state index in [4.69, 9.17) is 0 Å². The van der Waals surface area contributed by atoms with Crippen LogP contribution in [0.5, 0.6) is 0 Å². The summed E-state index contributed by atoms with van der Waals surface area (Å²) in [5.41, 5.74) is 2.44. The van der Waals surface area contributed by atoms with Crippen molar-refractivity contribution in [1.82, 2.24) is 33.9 Å². The molecule has 2 saturated heterocycles. The Morgan fingerprint density at radius 1 is 0.878 bits per heavy atom. The van der Waals surface area contributed by atoms with E-state index in [1.54, 1.807) is 0 Å². The van der Waals surface area contributed by atoms with Crippen molar-refractivity contribution in [3.8, 4) is 16.8 Å². The molecule has 2 aromatic heterocycles. The smallest absolute Gasteiger partial charge is 0.337 e. The van der Waals surface area contributed by atoms with Crippen LogP contribution in [-0.4, -0.2) is 103 Å². The number of hydrazine groups is 1. The molecule has 12 heteroatoms. The number of carbonyl (C=O) groups is 1. The van der Waals surface area contributed by atoms with Gasteiger partial charge >= 0.3 is 5.69 Å². The number of pyridine rings is 1. The molecule has 2 aliphatic heterocycles. The van der Waals surface area contributed by atoms with E-state index in [0.29, 0.717) is 31.4 Å². The van der Waals surface area contributed by atoms with Crippen LogP contribution in [0.4, 0.5) is 4.39 Å². The van der Waals surface area contributed by atoms with Crippen molar-refractivity contribution in [3.05, 3.63) is 93.0 Å². The van der Waals surface area contributed by atoms with Gasteiger partial charge < -0.3 is 5.11 Å². The number of aliphatic hydroxyl groups is 1. The van der Waals surface area contributed by atoms with Gasteiger partial charge in [0.1, 0.15) is 11.4 Å². The van der Waals surface area contributed by atoms with Gasteiger partial charge in [-0.25, -0.2) is 23.7 Å². The SMILES string of the molecule is CN1N([C@H]2CC[C@@H](n3c(=O)c4cc(F)cnc4n(-c4cccc(-c5ccc(CN6CCN(CCO)CC6)cc5)c4)c3=O)CC2)C(=O)C12CC2. The van der Waals surface area contributed by atoms with Crippen LogP contribution in [0.3, 0.4) is 0 Å². The predicted molar refractivity (Wildman–Crippen MR) is 184 cm³/mol. The van der Waals surface area contributed by atoms with Gasteiger partial charge in [-0.1, -0.05) is 36.4 Å². The highest BCUT2D eigenvalue weighted by Crippen LogP contribution is 2.52. The molecule has 1 N–H and O–H groups in total. The zero-order valence-electron chi connectivity index (χ0n) is 27.8. The van der Waals surface area contributed by atoms with Crippen LogP contribution in [0.25, 0.3) is 27.8 Å². The fraction of sp³-hybridized carbons (Fsp3) is 0.459. The standard InChI is InChI=1S/C37H42FN7O4/c1-40-37(13-14-37)35(48)45(40)30-11-9-29(10-12-30)44-34(47)32-22-28(38)23-39-33(32)43(36(44)49)31-4-2-3-27(21-31)26-7-5-25(6-8-26)24-42-17-15-41(16-18-42)19-20-46/h2-8,21-23,29-30,46H,9-20,24H2,1H3/t29-,30+. The molecule has 4 heterocycles. The molecule has 1 spiro atoms. The number of halogens is 1. The molecule has 2 aromatic carbocycles. The Hall–Kier alpha value is -4.23. The molecule has 0 atom stereocenters. The second-order valence-corrected chi connectivity index (χ2v) is 14.1. The van der Waals surface area contributed by atoms with Crippen molar-refractivity contribution in [1.29, 1.82) is 0 Å². The predicted octanol–water partition coefficient (Wildman–Crippen LogP) is 3.17. The van der Waals surface area contributed by atoms with E-state index >= 15 is 0 Å². The van der Waals surface area contributed by atoms with Gasteiger partial charge in [0.25, 0.3) is 11.5 Å². The lowest BCUT2D eigenvalue weighted by Crippen LogP contribution is -2.72. The number of fused-ring (bicyclic) bond motifs is 1. The molecular weight excluding hydrogens is 625 g/mol. The molecule has 0 bridgehead atoms. The Morgan fingerprint density at radius 2 is 1.57 bits per heavy atom. The zero-order chi connectivity index (χ0) is 33.9. The minimum Gasteiger partial charge on any atom is -0.395 e. The number of hydrogen-bond donors (Lipinski definition) is 1. The number of amides is 1. The van der Waals surface area contributed by atoms with Gasteiger partial charge in [-0.15, -0.1) is 0 Å².